The predicted octanol–water partition coefficient (Wildman–Crippen LogP) is 3.89. The molecule has 4 rings (SSSR count). The van der Waals surface area contributed by atoms with Gasteiger partial charge in [0.15, 0.2) is 5.82 Å². The van der Waals surface area contributed by atoms with Gasteiger partial charge in [0.1, 0.15) is 22.8 Å². The van der Waals surface area contributed by atoms with Crippen molar-refractivity contribution < 1.29 is 0 Å². The quantitative estimate of drug-likeness (QED) is 0.591. The Bertz CT molecular complexity index is 1010. The van der Waals surface area contributed by atoms with Gasteiger partial charge in [0.05, 0.1) is 11.9 Å². The molecular formula is C18H18N6S. The lowest BCUT2D eigenvalue weighted by molar-refractivity contribution is 0.707. The average Bonchev–Trinajstić information content (AvgIpc) is 3.26. The molecule has 1 aromatic carbocycles. The SMILES string of the molecule is CCn1cnnc1CNc1nc(C)nc2scc(-c3ccccc3)c12. The summed E-state index contributed by atoms with van der Waals surface area (Å²) in [5, 5.41) is 14.8. The molecule has 0 bridgehead atoms. The Morgan fingerprint density at radius 2 is 2.00 bits per heavy atom. The molecule has 0 spiro atoms. The summed E-state index contributed by atoms with van der Waals surface area (Å²) in [5.74, 6) is 2.49. The first-order valence-corrected chi connectivity index (χ1v) is 9.06. The second-order valence-corrected chi connectivity index (χ2v) is 6.56. The Balaban J connectivity index is 1.76. The van der Waals surface area contributed by atoms with Crippen molar-refractivity contribution in [3.05, 3.63) is 53.7 Å². The number of hydrogen-bond donors (Lipinski definition) is 1. The van der Waals surface area contributed by atoms with E-state index in [0.29, 0.717) is 6.54 Å². The van der Waals surface area contributed by atoms with Crippen molar-refractivity contribution in [3.63, 3.8) is 0 Å². The molecule has 25 heavy (non-hydrogen) atoms. The second kappa shape index (κ2) is 6.60. The van der Waals surface area contributed by atoms with E-state index in [4.69, 9.17) is 0 Å². The highest BCUT2D eigenvalue weighted by Crippen LogP contribution is 2.36. The fourth-order valence-corrected chi connectivity index (χ4v) is 3.84. The van der Waals surface area contributed by atoms with E-state index in [1.165, 1.54) is 5.56 Å². The summed E-state index contributed by atoms with van der Waals surface area (Å²) in [4.78, 5) is 10.2. The molecule has 3 heterocycles. The normalized spacial score (nSPS) is 11.1. The fourth-order valence-electron chi connectivity index (χ4n) is 2.85. The number of nitrogens with zero attached hydrogens (tertiary/aromatic N) is 5. The number of benzene rings is 1. The highest BCUT2D eigenvalue weighted by atomic mass is 32.1. The van der Waals surface area contributed by atoms with Gasteiger partial charge in [0, 0.05) is 17.5 Å². The van der Waals surface area contributed by atoms with E-state index in [1.54, 1.807) is 17.7 Å². The van der Waals surface area contributed by atoms with Crippen molar-refractivity contribution in [2.75, 3.05) is 5.32 Å². The average molecular weight is 350 g/mol. The highest BCUT2D eigenvalue weighted by Gasteiger charge is 2.15. The van der Waals surface area contributed by atoms with E-state index in [1.807, 2.05) is 29.7 Å². The van der Waals surface area contributed by atoms with Crippen LogP contribution in [0.3, 0.4) is 0 Å². The molecule has 0 radical (unpaired) electrons. The van der Waals surface area contributed by atoms with Crippen LogP contribution in [0.2, 0.25) is 0 Å². The number of anilines is 1. The van der Waals surface area contributed by atoms with Crippen LogP contribution in [0, 0.1) is 6.92 Å². The molecule has 0 aliphatic carbocycles. The van der Waals surface area contributed by atoms with Crippen LogP contribution in [-0.4, -0.2) is 24.7 Å². The van der Waals surface area contributed by atoms with Gasteiger partial charge in [-0.1, -0.05) is 30.3 Å². The van der Waals surface area contributed by atoms with E-state index < -0.39 is 0 Å². The molecule has 4 aromatic rings. The first kappa shape index (κ1) is 15.7. The summed E-state index contributed by atoms with van der Waals surface area (Å²) >= 11 is 1.64. The van der Waals surface area contributed by atoms with Crippen LogP contribution in [0.1, 0.15) is 18.6 Å². The number of aromatic nitrogens is 5. The standard InChI is InChI=1S/C18H18N6S/c1-3-24-11-20-23-15(24)9-19-17-16-14(13-7-5-4-6-8-13)10-25-18(16)22-12(2)21-17/h4-8,10-11H,3,9H2,1-2H3,(H,19,21,22). The molecule has 0 atom stereocenters. The molecule has 6 nitrogen and oxygen atoms in total. The molecule has 0 saturated carbocycles. The van der Waals surface area contributed by atoms with Gasteiger partial charge >= 0.3 is 0 Å². The number of nitrogens with one attached hydrogen (secondary N) is 1. The first-order chi connectivity index (χ1) is 12.3. The third-order valence-corrected chi connectivity index (χ3v) is 4.95. The number of thiophene rings is 1. The highest BCUT2D eigenvalue weighted by molar-refractivity contribution is 7.17. The van der Waals surface area contributed by atoms with E-state index >= 15 is 0 Å². The maximum Gasteiger partial charge on any atom is 0.152 e. The van der Waals surface area contributed by atoms with Gasteiger partial charge in [0.2, 0.25) is 0 Å². The van der Waals surface area contributed by atoms with Crippen molar-refractivity contribution in [1.29, 1.82) is 0 Å². The Labute approximate surface area is 149 Å². The van der Waals surface area contributed by atoms with E-state index in [0.717, 1.165) is 39.8 Å². The lowest BCUT2D eigenvalue weighted by atomic mass is 10.1. The third-order valence-electron chi connectivity index (χ3n) is 4.08. The van der Waals surface area contributed by atoms with Gasteiger partial charge in [0.25, 0.3) is 0 Å². The topological polar surface area (TPSA) is 68.5 Å². The van der Waals surface area contributed by atoms with Crippen molar-refractivity contribution in [1.82, 2.24) is 24.7 Å². The monoisotopic (exact) mass is 350 g/mol. The maximum absolute atomic E-state index is 4.64. The van der Waals surface area contributed by atoms with Gasteiger partial charge in [-0.25, -0.2) is 9.97 Å². The summed E-state index contributed by atoms with van der Waals surface area (Å²) < 4.78 is 2.02. The van der Waals surface area contributed by atoms with Crippen LogP contribution in [-0.2, 0) is 13.1 Å². The van der Waals surface area contributed by atoms with E-state index in [9.17, 15) is 0 Å². The van der Waals surface area contributed by atoms with Gasteiger partial charge in [-0.3, -0.25) is 0 Å². The van der Waals surface area contributed by atoms with Crippen molar-refractivity contribution in [3.8, 4) is 11.1 Å². The van der Waals surface area contributed by atoms with E-state index in [-0.39, 0.29) is 0 Å². The number of fused-ring (bicyclic) bond motifs is 1. The predicted molar refractivity (Wildman–Crippen MR) is 101 cm³/mol. The molecular weight excluding hydrogens is 332 g/mol. The minimum atomic E-state index is 0.573. The summed E-state index contributed by atoms with van der Waals surface area (Å²) in [5.41, 5.74) is 2.32. The zero-order valence-electron chi connectivity index (χ0n) is 14.1. The zero-order valence-corrected chi connectivity index (χ0v) is 14.9. The molecule has 7 heteroatoms. The van der Waals surface area contributed by atoms with Crippen molar-refractivity contribution >= 4 is 27.4 Å². The Hall–Kier alpha value is -2.80. The van der Waals surface area contributed by atoms with Gasteiger partial charge in [-0.15, -0.1) is 21.5 Å². The zero-order chi connectivity index (χ0) is 17.2. The lowest BCUT2D eigenvalue weighted by Crippen LogP contribution is -2.09. The minimum absolute atomic E-state index is 0.573. The number of hydrogen-bond acceptors (Lipinski definition) is 6. The van der Waals surface area contributed by atoms with Crippen LogP contribution >= 0.6 is 11.3 Å². The van der Waals surface area contributed by atoms with Crippen molar-refractivity contribution in [2.45, 2.75) is 26.9 Å². The second-order valence-electron chi connectivity index (χ2n) is 5.70. The smallest absolute Gasteiger partial charge is 0.152 e. The maximum atomic E-state index is 4.64. The summed E-state index contributed by atoms with van der Waals surface area (Å²) in [7, 11) is 0. The molecule has 0 aliphatic rings. The van der Waals surface area contributed by atoms with Crippen LogP contribution in [0.5, 0.6) is 0 Å². The summed E-state index contributed by atoms with van der Waals surface area (Å²) in [6.45, 7) is 5.41. The largest absolute Gasteiger partial charge is 0.362 e. The van der Waals surface area contributed by atoms with Crippen LogP contribution in [0.15, 0.2) is 42.0 Å². The Kier molecular flexibility index (Phi) is 4.15. The van der Waals surface area contributed by atoms with E-state index in [2.05, 4.69) is 49.9 Å². The Morgan fingerprint density at radius 1 is 1.16 bits per heavy atom. The molecule has 0 saturated heterocycles. The molecule has 0 unspecified atom stereocenters. The van der Waals surface area contributed by atoms with Gasteiger partial charge in [-0.05, 0) is 19.4 Å². The van der Waals surface area contributed by atoms with Crippen LogP contribution < -0.4 is 5.32 Å². The molecule has 0 amide bonds. The fraction of sp³-hybridized carbons (Fsp3) is 0.222. The van der Waals surface area contributed by atoms with Gasteiger partial charge in [-0.2, -0.15) is 0 Å². The first-order valence-electron chi connectivity index (χ1n) is 8.18. The Morgan fingerprint density at radius 3 is 2.80 bits per heavy atom. The molecule has 0 fully saturated rings. The van der Waals surface area contributed by atoms with Crippen molar-refractivity contribution in [2.24, 2.45) is 0 Å². The van der Waals surface area contributed by atoms with Gasteiger partial charge < -0.3 is 9.88 Å². The number of rotatable bonds is 5. The minimum Gasteiger partial charge on any atom is -0.362 e. The number of aryl methyl sites for hydroxylation is 2. The molecule has 1 N–H and O–H groups in total. The molecule has 3 aromatic heterocycles. The van der Waals surface area contributed by atoms with Crippen LogP contribution in [0.4, 0.5) is 5.82 Å². The lowest BCUT2D eigenvalue weighted by Gasteiger charge is -2.10. The summed E-state index contributed by atoms with van der Waals surface area (Å²) in [6, 6.07) is 10.3. The molecule has 126 valence electrons. The summed E-state index contributed by atoms with van der Waals surface area (Å²) in [6.07, 6.45) is 1.75. The third kappa shape index (κ3) is 2.98. The molecule has 0 aliphatic heterocycles. The van der Waals surface area contributed by atoms with Crippen LogP contribution in [0.25, 0.3) is 21.3 Å².